The summed E-state index contributed by atoms with van der Waals surface area (Å²) in [5.74, 6) is 1.06. The van der Waals surface area contributed by atoms with E-state index < -0.39 is 0 Å². The quantitative estimate of drug-likeness (QED) is 0.815. The Hall–Kier alpha value is -1.61. The summed E-state index contributed by atoms with van der Waals surface area (Å²) in [6, 6.07) is 4.29. The van der Waals surface area contributed by atoms with Gasteiger partial charge < -0.3 is 9.47 Å². The first kappa shape index (κ1) is 17.2. The molecule has 1 heterocycles. The number of carbonyl (C=O) groups excluding carboxylic acids is 1. The maximum Gasteiger partial charge on any atom is 0.170 e. The third-order valence-electron chi connectivity index (χ3n) is 5.37. The number of methoxy groups -OCH3 is 1. The van der Waals surface area contributed by atoms with E-state index in [9.17, 15) is 4.79 Å². The van der Waals surface area contributed by atoms with Crippen LogP contribution < -0.4 is 0 Å². The maximum absolute atomic E-state index is 13.1. The van der Waals surface area contributed by atoms with Gasteiger partial charge in [-0.2, -0.15) is 0 Å². The fourth-order valence-corrected chi connectivity index (χ4v) is 4.35. The summed E-state index contributed by atoms with van der Waals surface area (Å²) >= 11 is 0. The Labute approximate surface area is 145 Å². The largest absolute Gasteiger partial charge is 0.500 e. The van der Waals surface area contributed by atoms with Gasteiger partial charge in [-0.3, -0.25) is 4.79 Å². The highest BCUT2D eigenvalue weighted by molar-refractivity contribution is 6.25. The van der Waals surface area contributed by atoms with Crippen LogP contribution in [0.2, 0.25) is 0 Å². The zero-order valence-electron chi connectivity index (χ0n) is 15.4. The van der Waals surface area contributed by atoms with Crippen LogP contribution >= 0.6 is 0 Å². The van der Waals surface area contributed by atoms with E-state index in [0.717, 1.165) is 47.3 Å². The van der Waals surface area contributed by atoms with E-state index >= 15 is 0 Å². The van der Waals surface area contributed by atoms with Crippen molar-refractivity contribution in [2.45, 2.75) is 65.6 Å². The zero-order chi connectivity index (χ0) is 17.4. The fourth-order valence-electron chi connectivity index (χ4n) is 4.35. The number of allylic oxidation sites excluding steroid dienone is 2. The Kier molecular flexibility index (Phi) is 4.82. The second-order valence-electron chi connectivity index (χ2n) is 7.42. The van der Waals surface area contributed by atoms with Gasteiger partial charge in [-0.05, 0) is 63.6 Å². The molecule has 24 heavy (non-hydrogen) atoms. The summed E-state index contributed by atoms with van der Waals surface area (Å²) < 4.78 is 11.6. The van der Waals surface area contributed by atoms with E-state index in [1.807, 2.05) is 0 Å². The Morgan fingerprint density at radius 2 is 1.83 bits per heavy atom. The van der Waals surface area contributed by atoms with Gasteiger partial charge in [-0.1, -0.05) is 17.7 Å². The minimum Gasteiger partial charge on any atom is -0.500 e. The van der Waals surface area contributed by atoms with Crippen molar-refractivity contribution in [1.29, 1.82) is 0 Å². The van der Waals surface area contributed by atoms with Crippen LogP contribution in [0.15, 0.2) is 17.9 Å². The number of ketones is 1. The molecule has 1 aromatic rings. The smallest absolute Gasteiger partial charge is 0.170 e. The normalized spacial score (nSPS) is 27.2. The molecule has 130 valence electrons. The Bertz CT molecular complexity index is 663. The lowest BCUT2D eigenvalue weighted by Crippen LogP contribution is -2.19. The summed E-state index contributed by atoms with van der Waals surface area (Å²) in [4.78, 5) is 13.1. The molecule has 3 rings (SSSR count). The predicted octanol–water partition coefficient (Wildman–Crippen LogP) is 4.52. The molecule has 0 N–H and O–H groups in total. The molecule has 1 aliphatic heterocycles. The van der Waals surface area contributed by atoms with Gasteiger partial charge in [0.15, 0.2) is 5.78 Å². The lowest BCUT2D eigenvalue weighted by molar-refractivity contribution is -0.117. The van der Waals surface area contributed by atoms with Gasteiger partial charge in [-0.25, -0.2) is 0 Å². The first-order chi connectivity index (χ1) is 11.4. The van der Waals surface area contributed by atoms with Crippen LogP contribution in [0.1, 0.15) is 54.9 Å². The molecule has 1 aromatic carbocycles. The molecular formula is C21H28O3. The number of hydrogen-bond acceptors (Lipinski definition) is 3. The minimum absolute atomic E-state index is 0.00893. The topological polar surface area (TPSA) is 35.5 Å². The number of ether oxygens (including phenoxy) is 2. The highest BCUT2D eigenvalue weighted by Crippen LogP contribution is 2.41. The molecular weight excluding hydrogens is 300 g/mol. The number of rotatable bonds is 4. The summed E-state index contributed by atoms with van der Waals surface area (Å²) in [7, 11) is 1.68. The van der Waals surface area contributed by atoms with Crippen LogP contribution in [0.25, 0.3) is 5.57 Å². The minimum atomic E-state index is -0.00893. The predicted molar refractivity (Wildman–Crippen MR) is 95.9 cm³/mol. The van der Waals surface area contributed by atoms with E-state index in [1.54, 1.807) is 7.11 Å². The molecule has 0 radical (unpaired) electrons. The Balaban J connectivity index is 1.88. The van der Waals surface area contributed by atoms with Crippen molar-refractivity contribution in [3.8, 4) is 0 Å². The molecule has 0 spiro atoms. The molecule has 1 aliphatic carbocycles. The van der Waals surface area contributed by atoms with E-state index in [2.05, 4.69) is 39.8 Å². The number of benzene rings is 1. The van der Waals surface area contributed by atoms with Crippen LogP contribution in [0.3, 0.4) is 0 Å². The van der Waals surface area contributed by atoms with Gasteiger partial charge in [0.05, 0.1) is 24.9 Å². The van der Waals surface area contributed by atoms with E-state index in [1.165, 1.54) is 5.56 Å². The molecule has 0 amide bonds. The van der Waals surface area contributed by atoms with Crippen LogP contribution in [-0.4, -0.2) is 25.1 Å². The Morgan fingerprint density at radius 1 is 1.17 bits per heavy atom. The molecule has 3 atom stereocenters. The van der Waals surface area contributed by atoms with Crippen molar-refractivity contribution < 1.29 is 14.3 Å². The lowest BCUT2D eigenvalue weighted by atomic mass is 9.89. The van der Waals surface area contributed by atoms with Gasteiger partial charge in [0.2, 0.25) is 0 Å². The average Bonchev–Trinajstić information content (AvgIpc) is 3.04. The van der Waals surface area contributed by atoms with Crippen molar-refractivity contribution >= 4 is 11.4 Å². The number of carbonyl (C=O) groups is 1. The number of Topliss-reactive ketones (excluding diaryl/α,β-unsaturated/α-hetero) is 1. The van der Waals surface area contributed by atoms with Gasteiger partial charge >= 0.3 is 0 Å². The van der Waals surface area contributed by atoms with E-state index in [4.69, 9.17) is 9.47 Å². The average molecular weight is 328 g/mol. The van der Waals surface area contributed by atoms with Crippen molar-refractivity contribution in [1.82, 2.24) is 0 Å². The fraction of sp³-hybridized carbons (Fsp3) is 0.571. The van der Waals surface area contributed by atoms with Crippen LogP contribution in [0.5, 0.6) is 0 Å². The highest BCUT2D eigenvalue weighted by atomic mass is 16.5. The molecule has 0 aromatic heterocycles. The molecule has 2 aliphatic rings. The molecule has 0 bridgehead atoms. The summed E-state index contributed by atoms with van der Waals surface area (Å²) in [5.41, 5.74) is 5.38. The summed E-state index contributed by atoms with van der Waals surface area (Å²) in [6.45, 7) is 8.36. The first-order valence-electron chi connectivity index (χ1n) is 8.95. The third kappa shape index (κ3) is 3.14. The van der Waals surface area contributed by atoms with Crippen LogP contribution in [0.4, 0.5) is 0 Å². The second kappa shape index (κ2) is 6.72. The number of aryl methyl sites for hydroxylation is 3. The SMILES string of the molecule is COC1=C(c2c(C)cc(C)cc2C)C(=O)C(CC2CCC(C)O2)C1. The third-order valence-corrected chi connectivity index (χ3v) is 5.37. The van der Waals surface area contributed by atoms with Crippen LogP contribution in [0, 0.1) is 26.7 Å². The molecule has 1 fully saturated rings. The molecule has 1 saturated heterocycles. The lowest BCUT2D eigenvalue weighted by Gasteiger charge is -2.16. The standard InChI is InChI=1S/C21H28O3/c1-12-8-13(2)19(14(3)9-12)20-18(23-5)11-16(21(20)22)10-17-7-6-15(4)24-17/h8-9,15-17H,6-7,10-11H2,1-5H3. The maximum atomic E-state index is 13.1. The van der Waals surface area contributed by atoms with Gasteiger partial charge in [0.25, 0.3) is 0 Å². The zero-order valence-corrected chi connectivity index (χ0v) is 15.4. The van der Waals surface area contributed by atoms with E-state index in [-0.39, 0.29) is 17.8 Å². The summed E-state index contributed by atoms with van der Waals surface area (Å²) in [6.07, 6.45) is 4.20. The summed E-state index contributed by atoms with van der Waals surface area (Å²) in [5, 5.41) is 0. The highest BCUT2D eigenvalue weighted by Gasteiger charge is 2.38. The van der Waals surface area contributed by atoms with Crippen molar-refractivity contribution in [2.75, 3.05) is 7.11 Å². The van der Waals surface area contributed by atoms with Gasteiger partial charge in [0.1, 0.15) is 5.76 Å². The number of hydrogen-bond donors (Lipinski definition) is 0. The van der Waals surface area contributed by atoms with Crippen molar-refractivity contribution in [2.24, 2.45) is 5.92 Å². The molecule has 0 saturated carbocycles. The molecule has 3 nitrogen and oxygen atoms in total. The molecule has 3 unspecified atom stereocenters. The van der Waals surface area contributed by atoms with Crippen LogP contribution in [-0.2, 0) is 14.3 Å². The Morgan fingerprint density at radius 3 is 2.38 bits per heavy atom. The molecule has 3 heteroatoms. The monoisotopic (exact) mass is 328 g/mol. The van der Waals surface area contributed by atoms with Crippen molar-refractivity contribution in [3.63, 3.8) is 0 Å². The van der Waals surface area contributed by atoms with Crippen molar-refractivity contribution in [3.05, 3.63) is 40.1 Å². The van der Waals surface area contributed by atoms with E-state index in [0.29, 0.717) is 12.5 Å². The first-order valence-corrected chi connectivity index (χ1v) is 8.95. The van der Waals surface area contributed by atoms with Gasteiger partial charge in [-0.15, -0.1) is 0 Å². The second-order valence-corrected chi connectivity index (χ2v) is 7.42. The van der Waals surface area contributed by atoms with Gasteiger partial charge in [0, 0.05) is 12.3 Å².